The molecule has 0 aromatic heterocycles. The average Bonchev–Trinajstić information content (AvgIpc) is 2.57. The zero-order chi connectivity index (χ0) is 10.8. The zero-order valence-electron chi connectivity index (χ0n) is 8.25. The zero-order valence-corrected chi connectivity index (χ0v) is 9.07. The smallest absolute Gasteiger partial charge is 0.129 e. The lowest BCUT2D eigenvalue weighted by molar-refractivity contribution is 0.494. The fourth-order valence-electron chi connectivity index (χ4n) is 1.80. The van der Waals surface area contributed by atoms with Crippen molar-refractivity contribution in [3.63, 3.8) is 0 Å². The fourth-order valence-corrected chi connectivity index (χ4v) is 3.14. The number of hydrogen-bond acceptors (Lipinski definition) is 2. The van der Waals surface area contributed by atoms with Gasteiger partial charge in [0.1, 0.15) is 11.6 Å². The van der Waals surface area contributed by atoms with Crippen molar-refractivity contribution in [1.29, 1.82) is 0 Å². The van der Waals surface area contributed by atoms with Crippen LogP contribution in [-0.4, -0.2) is 17.5 Å². The van der Waals surface area contributed by atoms with Crippen LogP contribution in [0.3, 0.4) is 0 Å². The average molecular weight is 229 g/mol. The summed E-state index contributed by atoms with van der Waals surface area (Å²) in [4.78, 5) is 0. The Morgan fingerprint density at radius 1 is 1.33 bits per heavy atom. The SMILES string of the molecule is NC1CSCC1Cc1ccc(F)cc1F. The summed E-state index contributed by atoms with van der Waals surface area (Å²) in [6.07, 6.45) is 0.611. The Hall–Kier alpha value is -0.610. The molecule has 0 bridgehead atoms. The van der Waals surface area contributed by atoms with Gasteiger partial charge in [-0.15, -0.1) is 0 Å². The summed E-state index contributed by atoms with van der Waals surface area (Å²) in [5.74, 6) is 1.24. The Balaban J connectivity index is 2.10. The summed E-state index contributed by atoms with van der Waals surface area (Å²) in [5.41, 5.74) is 6.46. The van der Waals surface area contributed by atoms with Gasteiger partial charge in [-0.05, 0) is 29.7 Å². The molecular weight excluding hydrogens is 216 g/mol. The van der Waals surface area contributed by atoms with Crippen molar-refractivity contribution in [2.45, 2.75) is 12.5 Å². The van der Waals surface area contributed by atoms with Crippen LogP contribution in [0.25, 0.3) is 0 Å². The maximum atomic E-state index is 13.3. The van der Waals surface area contributed by atoms with E-state index in [1.807, 2.05) is 0 Å². The molecule has 1 saturated heterocycles. The molecule has 1 aromatic rings. The molecule has 2 N–H and O–H groups in total. The van der Waals surface area contributed by atoms with Gasteiger partial charge in [0.2, 0.25) is 0 Å². The molecule has 15 heavy (non-hydrogen) atoms. The lowest BCUT2D eigenvalue weighted by atomic mass is 9.95. The minimum atomic E-state index is -0.527. The second-order valence-corrected chi connectivity index (χ2v) is 4.98. The van der Waals surface area contributed by atoms with Crippen LogP contribution in [0.4, 0.5) is 8.78 Å². The van der Waals surface area contributed by atoms with Crippen molar-refractivity contribution < 1.29 is 8.78 Å². The first-order chi connectivity index (χ1) is 7.16. The van der Waals surface area contributed by atoms with E-state index in [1.165, 1.54) is 12.1 Å². The highest BCUT2D eigenvalue weighted by atomic mass is 32.2. The third-order valence-corrected chi connectivity index (χ3v) is 4.03. The van der Waals surface area contributed by atoms with Gasteiger partial charge in [-0.25, -0.2) is 8.78 Å². The van der Waals surface area contributed by atoms with Crippen molar-refractivity contribution in [2.75, 3.05) is 11.5 Å². The molecule has 1 nitrogen and oxygen atoms in total. The van der Waals surface area contributed by atoms with E-state index in [-0.39, 0.29) is 6.04 Å². The predicted molar refractivity (Wildman–Crippen MR) is 58.9 cm³/mol. The molecule has 2 atom stereocenters. The summed E-state index contributed by atoms with van der Waals surface area (Å²) >= 11 is 1.80. The Bertz CT molecular complexity index is 356. The van der Waals surface area contributed by atoms with E-state index in [1.54, 1.807) is 11.8 Å². The molecule has 2 unspecified atom stereocenters. The summed E-state index contributed by atoms with van der Waals surface area (Å²) < 4.78 is 26.0. The third kappa shape index (κ3) is 2.49. The van der Waals surface area contributed by atoms with Crippen LogP contribution in [0, 0.1) is 17.6 Å². The van der Waals surface area contributed by atoms with Crippen LogP contribution in [0.15, 0.2) is 18.2 Å². The van der Waals surface area contributed by atoms with Crippen LogP contribution in [-0.2, 0) is 6.42 Å². The molecule has 0 amide bonds. The van der Waals surface area contributed by atoms with Crippen LogP contribution >= 0.6 is 11.8 Å². The molecule has 0 aliphatic carbocycles. The molecule has 0 spiro atoms. The Kier molecular flexibility index (Phi) is 3.26. The van der Waals surface area contributed by atoms with Gasteiger partial charge < -0.3 is 5.73 Å². The van der Waals surface area contributed by atoms with E-state index in [9.17, 15) is 8.78 Å². The van der Waals surface area contributed by atoms with Crippen molar-refractivity contribution in [2.24, 2.45) is 11.7 Å². The highest BCUT2D eigenvalue weighted by Gasteiger charge is 2.25. The molecule has 0 radical (unpaired) electrons. The summed E-state index contributed by atoms with van der Waals surface area (Å²) in [6.45, 7) is 0. The first kappa shape index (κ1) is 10.9. The van der Waals surface area contributed by atoms with Gasteiger partial charge in [0.05, 0.1) is 0 Å². The molecule has 4 heteroatoms. The number of hydrogen-bond donors (Lipinski definition) is 1. The van der Waals surface area contributed by atoms with Gasteiger partial charge in [0, 0.05) is 17.9 Å². The molecule has 1 heterocycles. The van der Waals surface area contributed by atoms with Gasteiger partial charge in [0.15, 0.2) is 0 Å². The molecule has 1 fully saturated rings. The largest absolute Gasteiger partial charge is 0.327 e. The van der Waals surface area contributed by atoms with Crippen molar-refractivity contribution in [3.8, 4) is 0 Å². The number of halogens is 2. The number of rotatable bonds is 2. The quantitative estimate of drug-likeness (QED) is 0.841. The van der Waals surface area contributed by atoms with Gasteiger partial charge in [0.25, 0.3) is 0 Å². The van der Waals surface area contributed by atoms with Crippen molar-refractivity contribution in [3.05, 3.63) is 35.4 Å². The number of nitrogens with two attached hydrogens (primary N) is 1. The maximum absolute atomic E-state index is 13.3. The Labute approximate surface area is 92.0 Å². The van der Waals surface area contributed by atoms with Crippen molar-refractivity contribution >= 4 is 11.8 Å². The van der Waals surface area contributed by atoms with E-state index >= 15 is 0 Å². The second-order valence-electron chi connectivity index (χ2n) is 3.90. The van der Waals surface area contributed by atoms with E-state index in [0.29, 0.717) is 17.9 Å². The second kappa shape index (κ2) is 4.49. The van der Waals surface area contributed by atoms with Crippen LogP contribution in [0.5, 0.6) is 0 Å². The number of benzene rings is 1. The molecule has 2 rings (SSSR count). The third-order valence-electron chi connectivity index (χ3n) is 2.74. The van der Waals surface area contributed by atoms with Crippen molar-refractivity contribution in [1.82, 2.24) is 0 Å². The molecular formula is C11H13F2NS. The normalized spacial score (nSPS) is 25.8. The molecule has 1 aliphatic rings. The predicted octanol–water partition coefficient (Wildman–Crippen LogP) is 2.20. The minimum Gasteiger partial charge on any atom is -0.327 e. The monoisotopic (exact) mass is 229 g/mol. The van der Waals surface area contributed by atoms with E-state index < -0.39 is 11.6 Å². The van der Waals surface area contributed by atoms with Gasteiger partial charge in [-0.2, -0.15) is 11.8 Å². The first-order valence-electron chi connectivity index (χ1n) is 4.94. The van der Waals surface area contributed by atoms with Crippen LogP contribution < -0.4 is 5.73 Å². The topological polar surface area (TPSA) is 26.0 Å². The van der Waals surface area contributed by atoms with E-state index in [2.05, 4.69) is 0 Å². The minimum absolute atomic E-state index is 0.138. The molecule has 0 saturated carbocycles. The maximum Gasteiger partial charge on any atom is 0.129 e. The molecule has 1 aliphatic heterocycles. The Morgan fingerprint density at radius 3 is 2.73 bits per heavy atom. The highest BCUT2D eigenvalue weighted by molar-refractivity contribution is 7.99. The first-order valence-corrected chi connectivity index (χ1v) is 6.09. The van der Waals surface area contributed by atoms with Gasteiger partial charge in [-0.1, -0.05) is 6.07 Å². The van der Waals surface area contributed by atoms with Crippen LogP contribution in [0.2, 0.25) is 0 Å². The van der Waals surface area contributed by atoms with Crippen LogP contribution in [0.1, 0.15) is 5.56 Å². The fraction of sp³-hybridized carbons (Fsp3) is 0.455. The molecule has 82 valence electrons. The summed E-state index contributed by atoms with van der Waals surface area (Å²) in [7, 11) is 0. The standard InChI is InChI=1S/C11H13F2NS/c12-9-2-1-7(10(13)4-9)3-8-5-15-6-11(8)14/h1-2,4,8,11H,3,5-6,14H2. The Morgan fingerprint density at radius 2 is 2.13 bits per heavy atom. The summed E-state index contributed by atoms with van der Waals surface area (Å²) in [5, 5.41) is 0. The summed E-state index contributed by atoms with van der Waals surface area (Å²) in [6, 6.07) is 3.88. The van der Waals surface area contributed by atoms with E-state index in [4.69, 9.17) is 5.73 Å². The van der Waals surface area contributed by atoms with E-state index in [0.717, 1.165) is 17.6 Å². The van der Waals surface area contributed by atoms with Gasteiger partial charge >= 0.3 is 0 Å². The number of thioether (sulfide) groups is 1. The molecule has 1 aromatic carbocycles. The lowest BCUT2D eigenvalue weighted by Gasteiger charge is -2.14. The van der Waals surface area contributed by atoms with Gasteiger partial charge in [-0.3, -0.25) is 0 Å². The highest BCUT2D eigenvalue weighted by Crippen LogP contribution is 2.26. The lowest BCUT2D eigenvalue weighted by Crippen LogP contribution is -2.29.